The Kier molecular flexibility index (Phi) is 5.73. The molecule has 0 unspecified atom stereocenters. The summed E-state index contributed by atoms with van der Waals surface area (Å²) in [5, 5.41) is 0.537. The summed E-state index contributed by atoms with van der Waals surface area (Å²) >= 11 is 0. The van der Waals surface area contributed by atoms with E-state index in [1.54, 1.807) is 0 Å². The van der Waals surface area contributed by atoms with Crippen LogP contribution >= 0.6 is 0 Å². The molecule has 0 spiro atoms. The molecule has 84 valence electrons. The van der Waals surface area contributed by atoms with E-state index >= 15 is 0 Å². The van der Waals surface area contributed by atoms with Crippen molar-refractivity contribution < 1.29 is 0 Å². The van der Waals surface area contributed by atoms with E-state index in [1.165, 1.54) is 25.7 Å². The molecule has 0 aliphatic rings. The van der Waals surface area contributed by atoms with E-state index in [4.69, 9.17) is 0 Å². The fourth-order valence-corrected chi connectivity index (χ4v) is 3.50. The maximum absolute atomic E-state index is 2.55. The highest BCUT2D eigenvalue weighted by Crippen LogP contribution is 2.40. The van der Waals surface area contributed by atoms with Crippen molar-refractivity contribution in [3.63, 3.8) is 0 Å². The van der Waals surface area contributed by atoms with Gasteiger partial charge in [-0.2, -0.15) is 0 Å². The van der Waals surface area contributed by atoms with Crippen LogP contribution in [0.5, 0.6) is 0 Å². The minimum Gasteiger partial charge on any atom is -0.0981 e. The minimum atomic E-state index is -1.16. The van der Waals surface area contributed by atoms with Crippen LogP contribution in [-0.4, -0.2) is 8.07 Å². The van der Waals surface area contributed by atoms with Gasteiger partial charge in [0.2, 0.25) is 0 Å². The van der Waals surface area contributed by atoms with Crippen molar-refractivity contribution in [2.75, 3.05) is 0 Å². The lowest BCUT2D eigenvalue weighted by molar-refractivity contribution is 0.624. The smallest absolute Gasteiger partial charge is 0.0768 e. The van der Waals surface area contributed by atoms with Crippen LogP contribution in [-0.2, 0) is 0 Å². The highest BCUT2D eigenvalue weighted by molar-refractivity contribution is 6.84. The molecule has 0 heterocycles. The lowest BCUT2D eigenvalue weighted by atomic mass is 10.1. The van der Waals surface area contributed by atoms with E-state index in [0.29, 0.717) is 5.04 Å². The predicted octanol–water partition coefficient (Wildman–Crippen LogP) is 5.17. The van der Waals surface area contributed by atoms with Crippen LogP contribution in [0.3, 0.4) is 0 Å². The summed E-state index contributed by atoms with van der Waals surface area (Å²) in [6.45, 7) is 14.4. The Labute approximate surface area is 91.8 Å². The van der Waals surface area contributed by atoms with Crippen molar-refractivity contribution >= 4 is 8.07 Å². The van der Waals surface area contributed by atoms with E-state index in [-0.39, 0.29) is 0 Å². The third kappa shape index (κ3) is 3.99. The predicted molar refractivity (Wildman–Crippen MR) is 70.5 cm³/mol. The fraction of sp³-hybridized carbons (Fsp3) is 0.846. The maximum Gasteiger partial charge on any atom is 0.0768 e. The average Bonchev–Trinajstić information content (AvgIpc) is 2.12. The molecule has 0 saturated heterocycles. The molecule has 0 aromatic rings. The molecule has 0 nitrogen and oxygen atoms in total. The van der Waals surface area contributed by atoms with Gasteiger partial charge in [0.25, 0.3) is 0 Å². The van der Waals surface area contributed by atoms with E-state index in [2.05, 4.69) is 52.6 Å². The Morgan fingerprint density at radius 2 is 1.71 bits per heavy atom. The lowest BCUT2D eigenvalue weighted by Crippen LogP contribution is -2.36. The van der Waals surface area contributed by atoms with Gasteiger partial charge in [0.15, 0.2) is 0 Å². The summed E-state index contributed by atoms with van der Waals surface area (Å²) in [4.78, 5) is 0. The van der Waals surface area contributed by atoms with Gasteiger partial charge in [0, 0.05) is 0 Å². The molecule has 0 N–H and O–H groups in total. The second-order valence-electron chi connectivity index (χ2n) is 5.50. The molecule has 1 heteroatoms. The van der Waals surface area contributed by atoms with E-state index in [1.807, 2.05) is 0 Å². The van der Waals surface area contributed by atoms with Crippen molar-refractivity contribution in [3.05, 3.63) is 11.8 Å². The van der Waals surface area contributed by atoms with E-state index in [9.17, 15) is 0 Å². The molecular weight excluding hydrogens is 184 g/mol. The van der Waals surface area contributed by atoms with Crippen molar-refractivity contribution in [2.24, 2.45) is 0 Å². The van der Waals surface area contributed by atoms with Gasteiger partial charge < -0.3 is 0 Å². The molecule has 0 rings (SSSR count). The van der Waals surface area contributed by atoms with Crippen molar-refractivity contribution in [1.29, 1.82) is 0 Å². The number of hydrogen-bond acceptors (Lipinski definition) is 0. The SMILES string of the molecule is CCCCC=C[Si](C)(C)C(C)(C)CC. The maximum atomic E-state index is 2.55. The Hall–Kier alpha value is -0.0431. The molecule has 0 radical (unpaired) electrons. The van der Waals surface area contributed by atoms with Gasteiger partial charge in [-0.25, -0.2) is 0 Å². The summed E-state index contributed by atoms with van der Waals surface area (Å²) in [5.74, 6) is 0. The molecule has 14 heavy (non-hydrogen) atoms. The van der Waals surface area contributed by atoms with Crippen LogP contribution < -0.4 is 0 Å². The monoisotopic (exact) mass is 212 g/mol. The summed E-state index contributed by atoms with van der Waals surface area (Å²) in [5.41, 5.74) is 2.55. The minimum absolute atomic E-state index is 0.537. The molecular formula is C13H28Si. The molecule has 0 aliphatic heterocycles. The van der Waals surface area contributed by atoms with Gasteiger partial charge in [-0.05, 0) is 11.5 Å². The lowest BCUT2D eigenvalue weighted by Gasteiger charge is -2.37. The zero-order chi connectivity index (χ0) is 11.2. The molecule has 0 aliphatic carbocycles. The fourth-order valence-electron chi connectivity index (χ4n) is 1.38. The van der Waals surface area contributed by atoms with Gasteiger partial charge in [0.1, 0.15) is 0 Å². The van der Waals surface area contributed by atoms with E-state index < -0.39 is 8.07 Å². The molecule has 0 atom stereocenters. The first kappa shape index (κ1) is 14.0. The highest BCUT2D eigenvalue weighted by atomic mass is 28.3. The topological polar surface area (TPSA) is 0 Å². The molecule has 0 fully saturated rings. The number of hydrogen-bond donors (Lipinski definition) is 0. The van der Waals surface area contributed by atoms with Crippen LogP contribution in [0.15, 0.2) is 11.8 Å². The number of rotatable bonds is 6. The normalized spacial score (nSPS) is 13.9. The van der Waals surface area contributed by atoms with E-state index in [0.717, 1.165) is 0 Å². The first-order valence-corrected chi connectivity index (χ1v) is 9.13. The second-order valence-corrected chi connectivity index (χ2v) is 10.6. The summed E-state index contributed by atoms with van der Waals surface area (Å²) in [6, 6.07) is 0. The quantitative estimate of drug-likeness (QED) is 0.421. The van der Waals surface area contributed by atoms with Crippen molar-refractivity contribution in [1.82, 2.24) is 0 Å². The van der Waals surface area contributed by atoms with Crippen molar-refractivity contribution in [2.45, 2.75) is 71.5 Å². The zero-order valence-corrected chi connectivity index (χ0v) is 12.0. The van der Waals surface area contributed by atoms with Gasteiger partial charge in [0.05, 0.1) is 8.07 Å². The largest absolute Gasteiger partial charge is 0.0981 e. The van der Waals surface area contributed by atoms with Gasteiger partial charge in [-0.3, -0.25) is 0 Å². The van der Waals surface area contributed by atoms with Gasteiger partial charge >= 0.3 is 0 Å². The Morgan fingerprint density at radius 1 is 1.14 bits per heavy atom. The Balaban J connectivity index is 4.25. The zero-order valence-electron chi connectivity index (χ0n) is 11.0. The molecule has 0 bridgehead atoms. The summed E-state index contributed by atoms with van der Waals surface area (Å²) in [7, 11) is -1.16. The average molecular weight is 212 g/mol. The molecule has 0 amide bonds. The first-order valence-electron chi connectivity index (χ1n) is 6.05. The Morgan fingerprint density at radius 3 is 2.14 bits per heavy atom. The molecule has 0 aromatic carbocycles. The number of allylic oxidation sites excluding steroid dienone is 1. The molecule has 0 saturated carbocycles. The second kappa shape index (κ2) is 5.74. The number of unbranched alkanes of at least 4 members (excludes halogenated alkanes) is 2. The van der Waals surface area contributed by atoms with Crippen LogP contribution in [0.4, 0.5) is 0 Å². The van der Waals surface area contributed by atoms with Crippen LogP contribution in [0.2, 0.25) is 18.1 Å². The van der Waals surface area contributed by atoms with Gasteiger partial charge in [-0.1, -0.05) is 71.8 Å². The van der Waals surface area contributed by atoms with Crippen LogP contribution in [0.1, 0.15) is 53.4 Å². The van der Waals surface area contributed by atoms with Gasteiger partial charge in [-0.15, -0.1) is 0 Å². The van der Waals surface area contributed by atoms with Crippen LogP contribution in [0, 0.1) is 0 Å². The van der Waals surface area contributed by atoms with Crippen LogP contribution in [0.25, 0.3) is 0 Å². The highest BCUT2D eigenvalue weighted by Gasteiger charge is 2.34. The third-order valence-electron chi connectivity index (χ3n) is 3.89. The summed E-state index contributed by atoms with van der Waals surface area (Å²) in [6.07, 6.45) is 7.64. The van der Waals surface area contributed by atoms with Crippen molar-refractivity contribution in [3.8, 4) is 0 Å². The standard InChI is InChI=1S/C13H28Si/c1-7-9-10-11-12-14(5,6)13(3,4)8-2/h11-12H,7-10H2,1-6H3. The Bertz CT molecular complexity index is 178. The summed E-state index contributed by atoms with van der Waals surface area (Å²) < 4.78 is 0. The third-order valence-corrected chi connectivity index (χ3v) is 8.80. The molecule has 0 aromatic heterocycles. The first-order chi connectivity index (χ1) is 6.37.